The van der Waals surface area contributed by atoms with Gasteiger partial charge in [0.05, 0.1) is 0 Å². The molecule has 2 rings (SSSR count). The van der Waals surface area contributed by atoms with E-state index in [1.807, 2.05) is 0 Å². The molecule has 2 aliphatic rings. The Balaban J connectivity index is 1.83. The van der Waals surface area contributed by atoms with Crippen molar-refractivity contribution in [3.05, 3.63) is 0 Å². The minimum absolute atomic E-state index is 0.431. The number of nitrogens with two attached hydrogens (primary N) is 1. The topological polar surface area (TPSA) is 35.2 Å². The molecule has 0 aromatic carbocycles. The summed E-state index contributed by atoms with van der Waals surface area (Å²) in [6, 6.07) is 0.431. The molecule has 1 unspecified atom stereocenters. The molecule has 0 spiro atoms. The van der Waals surface area contributed by atoms with Crippen LogP contribution >= 0.6 is 0 Å². The molecule has 0 amide bonds. The highest BCUT2D eigenvalue weighted by atomic mass is 16.5. The van der Waals surface area contributed by atoms with Crippen molar-refractivity contribution < 1.29 is 4.74 Å². The van der Waals surface area contributed by atoms with Gasteiger partial charge in [-0.1, -0.05) is 13.8 Å². The van der Waals surface area contributed by atoms with Crippen molar-refractivity contribution in [2.75, 3.05) is 13.2 Å². The third kappa shape index (κ3) is 2.98. The van der Waals surface area contributed by atoms with Crippen LogP contribution in [0.2, 0.25) is 0 Å². The van der Waals surface area contributed by atoms with Gasteiger partial charge in [0.15, 0.2) is 0 Å². The molecule has 16 heavy (non-hydrogen) atoms. The molecular formula is C14H27NO. The molecule has 2 fully saturated rings. The molecule has 1 atom stereocenters. The zero-order valence-corrected chi connectivity index (χ0v) is 10.9. The largest absolute Gasteiger partial charge is 0.381 e. The van der Waals surface area contributed by atoms with Crippen LogP contribution in [0, 0.1) is 17.3 Å². The zero-order valence-electron chi connectivity index (χ0n) is 10.9. The van der Waals surface area contributed by atoms with Crippen LogP contribution in [0.15, 0.2) is 0 Å². The Morgan fingerprint density at radius 2 is 1.50 bits per heavy atom. The van der Waals surface area contributed by atoms with Gasteiger partial charge in [-0.3, -0.25) is 0 Å². The summed E-state index contributed by atoms with van der Waals surface area (Å²) in [4.78, 5) is 0. The predicted molar refractivity (Wildman–Crippen MR) is 67.3 cm³/mol. The second-order valence-corrected chi connectivity index (χ2v) is 6.53. The van der Waals surface area contributed by atoms with Gasteiger partial charge >= 0.3 is 0 Å². The van der Waals surface area contributed by atoms with Gasteiger partial charge in [0.2, 0.25) is 0 Å². The summed E-state index contributed by atoms with van der Waals surface area (Å²) < 4.78 is 5.41. The third-order valence-corrected chi connectivity index (χ3v) is 4.74. The molecule has 94 valence electrons. The average Bonchev–Trinajstić information content (AvgIpc) is 2.29. The highest BCUT2D eigenvalue weighted by Gasteiger charge is 2.33. The Labute approximate surface area is 99.9 Å². The van der Waals surface area contributed by atoms with Crippen molar-refractivity contribution in [3.63, 3.8) is 0 Å². The van der Waals surface area contributed by atoms with Gasteiger partial charge in [0.1, 0.15) is 0 Å². The Morgan fingerprint density at radius 3 is 2.06 bits per heavy atom. The first-order valence-corrected chi connectivity index (χ1v) is 6.92. The van der Waals surface area contributed by atoms with Gasteiger partial charge in [-0.25, -0.2) is 0 Å². The van der Waals surface area contributed by atoms with Crippen LogP contribution in [0.4, 0.5) is 0 Å². The van der Waals surface area contributed by atoms with Gasteiger partial charge in [-0.05, 0) is 55.8 Å². The standard InChI is InChI=1S/C14H27NO/c1-14(2)7-3-11(4-8-14)13(15)12-5-9-16-10-6-12/h11-13H,3-10,15H2,1-2H3. The quantitative estimate of drug-likeness (QED) is 0.784. The summed E-state index contributed by atoms with van der Waals surface area (Å²) in [5.41, 5.74) is 7.02. The Kier molecular flexibility index (Phi) is 3.91. The fraction of sp³-hybridized carbons (Fsp3) is 1.00. The van der Waals surface area contributed by atoms with E-state index in [1.165, 1.54) is 38.5 Å². The van der Waals surface area contributed by atoms with E-state index in [-0.39, 0.29) is 0 Å². The second kappa shape index (κ2) is 5.05. The zero-order chi connectivity index (χ0) is 11.6. The van der Waals surface area contributed by atoms with Gasteiger partial charge in [-0.15, -0.1) is 0 Å². The number of ether oxygens (including phenoxy) is 1. The maximum atomic E-state index is 6.46. The second-order valence-electron chi connectivity index (χ2n) is 6.53. The van der Waals surface area contributed by atoms with Crippen LogP contribution in [0.1, 0.15) is 52.4 Å². The lowest BCUT2D eigenvalue weighted by molar-refractivity contribution is 0.0428. The highest BCUT2D eigenvalue weighted by Crippen LogP contribution is 2.40. The fourth-order valence-electron chi connectivity index (χ4n) is 3.29. The average molecular weight is 225 g/mol. The van der Waals surface area contributed by atoms with Gasteiger partial charge in [0, 0.05) is 19.3 Å². The van der Waals surface area contributed by atoms with Crippen LogP contribution in [0.5, 0.6) is 0 Å². The Hall–Kier alpha value is -0.0800. The van der Waals surface area contributed by atoms with Crippen molar-refractivity contribution in [2.45, 2.75) is 58.4 Å². The van der Waals surface area contributed by atoms with E-state index < -0.39 is 0 Å². The Bertz CT molecular complexity index is 211. The van der Waals surface area contributed by atoms with E-state index in [0.29, 0.717) is 11.5 Å². The van der Waals surface area contributed by atoms with Crippen LogP contribution in [-0.2, 0) is 4.74 Å². The first-order valence-electron chi connectivity index (χ1n) is 6.92. The summed E-state index contributed by atoms with van der Waals surface area (Å²) in [6.45, 7) is 6.64. The molecule has 1 saturated heterocycles. The minimum Gasteiger partial charge on any atom is -0.381 e. The number of hydrogen-bond donors (Lipinski definition) is 1. The van der Waals surface area contributed by atoms with E-state index >= 15 is 0 Å². The van der Waals surface area contributed by atoms with Crippen LogP contribution in [-0.4, -0.2) is 19.3 Å². The first kappa shape index (κ1) is 12.4. The maximum Gasteiger partial charge on any atom is 0.0469 e. The van der Waals surface area contributed by atoms with E-state index in [4.69, 9.17) is 10.5 Å². The monoisotopic (exact) mass is 225 g/mol. The van der Waals surface area contributed by atoms with E-state index in [0.717, 1.165) is 25.0 Å². The normalized spacial score (nSPS) is 30.2. The Morgan fingerprint density at radius 1 is 1.00 bits per heavy atom. The molecule has 0 bridgehead atoms. The molecule has 2 nitrogen and oxygen atoms in total. The van der Waals surface area contributed by atoms with Crippen molar-refractivity contribution in [1.29, 1.82) is 0 Å². The van der Waals surface area contributed by atoms with E-state index in [9.17, 15) is 0 Å². The highest BCUT2D eigenvalue weighted by molar-refractivity contribution is 4.87. The van der Waals surface area contributed by atoms with Crippen molar-refractivity contribution in [2.24, 2.45) is 23.0 Å². The summed E-state index contributed by atoms with van der Waals surface area (Å²) in [6.07, 6.45) is 7.75. The third-order valence-electron chi connectivity index (χ3n) is 4.74. The molecule has 1 aliphatic carbocycles. The molecule has 0 radical (unpaired) electrons. The summed E-state index contributed by atoms with van der Waals surface area (Å²) >= 11 is 0. The first-order chi connectivity index (χ1) is 7.58. The van der Waals surface area contributed by atoms with Crippen LogP contribution in [0.3, 0.4) is 0 Å². The maximum absolute atomic E-state index is 6.46. The smallest absolute Gasteiger partial charge is 0.0469 e. The molecule has 1 heterocycles. The molecule has 1 saturated carbocycles. The lowest BCUT2D eigenvalue weighted by atomic mass is 9.69. The lowest BCUT2D eigenvalue weighted by Crippen LogP contribution is -2.42. The van der Waals surface area contributed by atoms with Gasteiger partial charge in [0.25, 0.3) is 0 Å². The summed E-state index contributed by atoms with van der Waals surface area (Å²) in [5.74, 6) is 1.50. The van der Waals surface area contributed by atoms with Gasteiger partial charge in [-0.2, -0.15) is 0 Å². The summed E-state index contributed by atoms with van der Waals surface area (Å²) in [5, 5.41) is 0. The summed E-state index contributed by atoms with van der Waals surface area (Å²) in [7, 11) is 0. The molecule has 2 heteroatoms. The van der Waals surface area contributed by atoms with Crippen molar-refractivity contribution in [1.82, 2.24) is 0 Å². The molecule has 0 aromatic heterocycles. The van der Waals surface area contributed by atoms with E-state index in [1.54, 1.807) is 0 Å². The van der Waals surface area contributed by atoms with Gasteiger partial charge < -0.3 is 10.5 Å². The van der Waals surface area contributed by atoms with Crippen molar-refractivity contribution >= 4 is 0 Å². The molecule has 0 aromatic rings. The van der Waals surface area contributed by atoms with Crippen molar-refractivity contribution in [3.8, 4) is 0 Å². The van der Waals surface area contributed by atoms with Crippen LogP contribution < -0.4 is 5.73 Å². The molecule has 2 N–H and O–H groups in total. The number of rotatable bonds is 2. The lowest BCUT2D eigenvalue weighted by Gasteiger charge is -2.40. The number of hydrogen-bond acceptors (Lipinski definition) is 2. The molecular weight excluding hydrogens is 198 g/mol. The van der Waals surface area contributed by atoms with E-state index in [2.05, 4.69) is 13.8 Å². The fourth-order valence-corrected chi connectivity index (χ4v) is 3.29. The predicted octanol–water partition coefficient (Wildman–Crippen LogP) is 2.96. The van der Waals surface area contributed by atoms with Crippen LogP contribution in [0.25, 0.3) is 0 Å². The SMILES string of the molecule is CC1(C)CCC(C(N)C2CCOCC2)CC1. The molecule has 1 aliphatic heterocycles. The minimum atomic E-state index is 0.431.